The molecule has 0 aliphatic carbocycles. The van der Waals surface area contributed by atoms with E-state index in [9.17, 15) is 15.0 Å². The summed E-state index contributed by atoms with van der Waals surface area (Å²) in [7, 11) is 0. The van der Waals surface area contributed by atoms with Crippen LogP contribution in [-0.4, -0.2) is 26.0 Å². The molecule has 0 amide bonds. The minimum absolute atomic E-state index is 0.0260. The molecule has 3 aromatic rings. The highest BCUT2D eigenvalue weighted by molar-refractivity contribution is 5.89. The molecule has 0 spiro atoms. The van der Waals surface area contributed by atoms with Crippen LogP contribution in [0.15, 0.2) is 60.8 Å². The fraction of sp³-hybridized carbons (Fsp3) is 0.0588. The minimum Gasteiger partial charge on any atom is -0.508 e. The van der Waals surface area contributed by atoms with E-state index in [0.717, 1.165) is 5.56 Å². The van der Waals surface area contributed by atoms with E-state index in [4.69, 9.17) is 4.74 Å². The van der Waals surface area contributed by atoms with Gasteiger partial charge in [0.05, 0.1) is 12.7 Å². The van der Waals surface area contributed by atoms with Crippen LogP contribution >= 0.6 is 0 Å². The van der Waals surface area contributed by atoms with Gasteiger partial charge in [0.1, 0.15) is 11.5 Å². The molecule has 0 saturated heterocycles. The number of benzene rings is 2. The molecule has 2 N–H and O–H groups in total. The van der Waals surface area contributed by atoms with Crippen LogP contribution in [0.4, 0.5) is 0 Å². The Bertz CT molecular complexity index is 810. The molecule has 6 nitrogen and oxygen atoms in total. The second-order valence-electron chi connectivity index (χ2n) is 4.90. The van der Waals surface area contributed by atoms with Crippen molar-refractivity contribution in [1.29, 1.82) is 0 Å². The topological polar surface area (TPSA) is 84.6 Å². The molecule has 0 bridgehead atoms. The zero-order valence-corrected chi connectivity index (χ0v) is 12.1. The first-order valence-corrected chi connectivity index (χ1v) is 6.93. The van der Waals surface area contributed by atoms with Gasteiger partial charge in [0.15, 0.2) is 11.4 Å². The molecule has 0 saturated carbocycles. The lowest BCUT2D eigenvalue weighted by molar-refractivity contribution is 0.0681. The average molecular weight is 310 g/mol. The van der Waals surface area contributed by atoms with Crippen molar-refractivity contribution >= 4 is 5.97 Å². The predicted octanol–water partition coefficient (Wildman–Crippen LogP) is 3.13. The van der Waals surface area contributed by atoms with Crippen LogP contribution in [0.2, 0.25) is 0 Å². The summed E-state index contributed by atoms with van der Waals surface area (Å²) in [4.78, 5) is 11.6. The second-order valence-corrected chi connectivity index (χ2v) is 4.90. The van der Waals surface area contributed by atoms with Crippen LogP contribution in [-0.2, 0) is 6.54 Å². The first-order chi connectivity index (χ1) is 11.1. The maximum absolute atomic E-state index is 11.6. The Morgan fingerprint density at radius 2 is 1.78 bits per heavy atom. The Labute approximate surface area is 132 Å². The summed E-state index contributed by atoms with van der Waals surface area (Å²) < 4.78 is 6.96. The Hall–Kier alpha value is -3.28. The fourth-order valence-electron chi connectivity index (χ4n) is 2.17. The van der Waals surface area contributed by atoms with Gasteiger partial charge in [-0.3, -0.25) is 4.68 Å². The molecule has 0 atom stereocenters. The lowest BCUT2D eigenvalue weighted by Crippen LogP contribution is -2.11. The largest absolute Gasteiger partial charge is 0.508 e. The normalized spacial score (nSPS) is 10.4. The van der Waals surface area contributed by atoms with Gasteiger partial charge in [0, 0.05) is 0 Å². The Morgan fingerprint density at radius 1 is 1.09 bits per heavy atom. The van der Waals surface area contributed by atoms with Crippen LogP contribution in [0, 0.1) is 0 Å². The quantitative estimate of drug-likeness (QED) is 0.756. The summed E-state index contributed by atoms with van der Waals surface area (Å²) in [5.41, 5.74) is 0.793. The predicted molar refractivity (Wildman–Crippen MR) is 82.9 cm³/mol. The molecule has 0 aliphatic rings. The number of hydrogen-bond donors (Lipinski definition) is 2. The maximum atomic E-state index is 11.6. The van der Waals surface area contributed by atoms with E-state index >= 15 is 0 Å². The van der Waals surface area contributed by atoms with Crippen LogP contribution in [0.3, 0.4) is 0 Å². The van der Waals surface area contributed by atoms with Crippen molar-refractivity contribution in [3.63, 3.8) is 0 Å². The van der Waals surface area contributed by atoms with Gasteiger partial charge in [0.25, 0.3) is 0 Å². The molecule has 116 valence electrons. The number of aromatic hydroxyl groups is 1. The third kappa shape index (κ3) is 3.32. The molecule has 1 heterocycles. The van der Waals surface area contributed by atoms with Gasteiger partial charge in [-0.1, -0.05) is 30.3 Å². The summed E-state index contributed by atoms with van der Waals surface area (Å²) in [6, 6.07) is 15.4. The van der Waals surface area contributed by atoms with E-state index in [2.05, 4.69) is 5.10 Å². The van der Waals surface area contributed by atoms with E-state index in [1.165, 1.54) is 10.9 Å². The lowest BCUT2D eigenvalue weighted by atomic mass is 10.2. The number of carboxylic acid groups (broad SMARTS) is 1. The van der Waals surface area contributed by atoms with Crippen LogP contribution < -0.4 is 4.74 Å². The first-order valence-electron chi connectivity index (χ1n) is 6.93. The summed E-state index contributed by atoms with van der Waals surface area (Å²) in [6.07, 6.45) is 1.39. The van der Waals surface area contributed by atoms with Crippen molar-refractivity contribution in [3.8, 4) is 17.2 Å². The van der Waals surface area contributed by atoms with Crippen molar-refractivity contribution in [3.05, 3.63) is 72.1 Å². The number of ether oxygens (including phenoxy) is 1. The van der Waals surface area contributed by atoms with Gasteiger partial charge in [0.2, 0.25) is 0 Å². The molecule has 0 radical (unpaired) electrons. The van der Waals surface area contributed by atoms with Gasteiger partial charge in [-0.25, -0.2) is 4.79 Å². The Kier molecular flexibility index (Phi) is 3.97. The van der Waals surface area contributed by atoms with Gasteiger partial charge >= 0.3 is 5.97 Å². The van der Waals surface area contributed by atoms with Crippen molar-refractivity contribution in [2.45, 2.75) is 6.54 Å². The number of para-hydroxylation sites is 1. The third-order valence-electron chi connectivity index (χ3n) is 3.25. The van der Waals surface area contributed by atoms with E-state index in [1.807, 2.05) is 6.07 Å². The molecule has 3 rings (SSSR count). The number of phenolic OH excluding ortho intramolecular Hbond substituents is 1. The Balaban J connectivity index is 1.89. The molecule has 0 unspecified atom stereocenters. The molecule has 2 aromatic carbocycles. The third-order valence-corrected chi connectivity index (χ3v) is 3.25. The summed E-state index contributed by atoms with van der Waals surface area (Å²) in [5.74, 6) is -0.241. The maximum Gasteiger partial charge on any atom is 0.358 e. The smallest absolute Gasteiger partial charge is 0.358 e. The molecule has 1 aromatic heterocycles. The highest BCUT2D eigenvalue weighted by atomic mass is 16.5. The fourth-order valence-corrected chi connectivity index (χ4v) is 2.17. The van der Waals surface area contributed by atoms with Crippen LogP contribution in [0.25, 0.3) is 0 Å². The molecular formula is C17H14N2O4. The molecule has 0 fully saturated rings. The van der Waals surface area contributed by atoms with Crippen molar-refractivity contribution in [2.24, 2.45) is 0 Å². The number of phenols is 1. The first kappa shape index (κ1) is 14.6. The average Bonchev–Trinajstić information content (AvgIpc) is 2.93. The number of aromatic carboxylic acids is 1. The lowest BCUT2D eigenvalue weighted by Gasteiger charge is -2.07. The zero-order chi connectivity index (χ0) is 16.2. The monoisotopic (exact) mass is 310 g/mol. The highest BCUT2D eigenvalue weighted by Crippen LogP contribution is 2.25. The highest BCUT2D eigenvalue weighted by Gasteiger charge is 2.20. The number of hydrogen-bond acceptors (Lipinski definition) is 4. The number of aromatic nitrogens is 2. The van der Waals surface area contributed by atoms with Gasteiger partial charge in [-0.15, -0.1) is 0 Å². The molecule has 0 aliphatic heterocycles. The van der Waals surface area contributed by atoms with Crippen molar-refractivity contribution < 1.29 is 19.7 Å². The van der Waals surface area contributed by atoms with Crippen LogP contribution in [0.5, 0.6) is 17.2 Å². The van der Waals surface area contributed by atoms with E-state index in [-0.39, 0.29) is 23.7 Å². The van der Waals surface area contributed by atoms with Crippen molar-refractivity contribution in [2.75, 3.05) is 0 Å². The number of carbonyl (C=O) groups is 1. The second kappa shape index (κ2) is 6.23. The van der Waals surface area contributed by atoms with Gasteiger partial charge in [-0.2, -0.15) is 5.10 Å². The summed E-state index contributed by atoms with van der Waals surface area (Å²) in [5, 5.41) is 22.9. The SMILES string of the molecule is O=C(O)c1c(Oc2ccccc2)cnn1Cc1ccc(O)cc1. The van der Waals surface area contributed by atoms with Crippen LogP contribution in [0.1, 0.15) is 16.1 Å². The summed E-state index contributed by atoms with van der Waals surface area (Å²) >= 11 is 0. The molecule has 6 heteroatoms. The number of nitrogens with zero attached hydrogens (tertiary/aromatic N) is 2. The number of carboxylic acids is 1. The van der Waals surface area contributed by atoms with E-state index in [1.54, 1.807) is 48.5 Å². The standard InChI is InChI=1S/C17H14N2O4/c20-13-8-6-12(7-9-13)11-19-16(17(21)22)15(10-18-19)23-14-4-2-1-3-5-14/h1-10,20H,11H2,(H,21,22). The van der Waals surface area contributed by atoms with Crippen molar-refractivity contribution in [1.82, 2.24) is 9.78 Å². The Morgan fingerprint density at radius 3 is 2.43 bits per heavy atom. The van der Waals surface area contributed by atoms with E-state index < -0.39 is 5.97 Å². The molecular weight excluding hydrogens is 296 g/mol. The number of rotatable bonds is 5. The van der Waals surface area contributed by atoms with E-state index in [0.29, 0.717) is 5.75 Å². The van der Waals surface area contributed by atoms with Gasteiger partial charge in [-0.05, 0) is 29.8 Å². The molecule has 23 heavy (non-hydrogen) atoms. The van der Waals surface area contributed by atoms with Gasteiger partial charge < -0.3 is 14.9 Å². The zero-order valence-electron chi connectivity index (χ0n) is 12.1. The summed E-state index contributed by atoms with van der Waals surface area (Å²) in [6.45, 7) is 0.264. The minimum atomic E-state index is -1.12.